The summed E-state index contributed by atoms with van der Waals surface area (Å²) in [5.41, 5.74) is 9.17. The van der Waals surface area contributed by atoms with Gasteiger partial charge in [-0.05, 0) is 88.6 Å². The van der Waals surface area contributed by atoms with Crippen molar-refractivity contribution in [2.45, 2.75) is 111 Å². The minimum absolute atomic E-state index is 0.127. The zero-order valence-electron chi connectivity index (χ0n) is 37.3. The molecule has 8 atom stereocenters. The van der Waals surface area contributed by atoms with Crippen LogP contribution in [0.25, 0.3) is 33.4 Å². The summed E-state index contributed by atoms with van der Waals surface area (Å²) in [6.07, 6.45) is 4.94. The molecule has 0 radical (unpaired) electrons. The number of hydrogen-bond acceptors (Lipinski definition) is 12. The summed E-state index contributed by atoms with van der Waals surface area (Å²) in [5.74, 6) is -2.95. The van der Waals surface area contributed by atoms with Crippen molar-refractivity contribution in [1.29, 1.82) is 5.41 Å². The fraction of sp³-hybridized carbons (Fsp3) is 0.553. The zero-order valence-corrected chi connectivity index (χ0v) is 38.1. The Kier molecular flexibility index (Phi) is 12.9. The minimum atomic E-state index is -1.24. The molecule has 8 rings (SSSR count). The van der Waals surface area contributed by atoms with E-state index in [2.05, 4.69) is 60.3 Å². The van der Waals surface area contributed by atoms with Crippen molar-refractivity contribution in [1.82, 2.24) is 35.2 Å². The van der Waals surface area contributed by atoms with Crippen LogP contribution in [0.5, 0.6) is 0 Å². The Morgan fingerprint density at radius 3 is 2.68 bits per heavy atom. The highest BCUT2D eigenvalue weighted by atomic mass is 32.1. The molecule has 3 fully saturated rings. The number of nitrogens with zero attached hydrogens (tertiary/aromatic N) is 5. The number of likely N-dealkylation sites (tertiary alicyclic amines) is 1. The van der Waals surface area contributed by atoms with Gasteiger partial charge in [-0.15, -0.1) is 11.3 Å². The summed E-state index contributed by atoms with van der Waals surface area (Å²) < 4.78 is 20.6. The Balaban J connectivity index is 1.22. The molecule has 1 unspecified atom stereocenters. The fourth-order valence-electron chi connectivity index (χ4n) is 9.86. The highest BCUT2D eigenvalue weighted by Gasteiger charge is 2.58. The van der Waals surface area contributed by atoms with E-state index < -0.39 is 53.2 Å². The molecule has 336 valence electrons. The number of methoxy groups -OCH3 is 1. The highest BCUT2D eigenvalue weighted by Crippen LogP contribution is 2.48. The number of hydrazine groups is 1. The first-order chi connectivity index (χ1) is 30.3. The van der Waals surface area contributed by atoms with Gasteiger partial charge in [0.2, 0.25) is 11.8 Å². The summed E-state index contributed by atoms with van der Waals surface area (Å²) in [6.45, 7) is 13.9. The van der Waals surface area contributed by atoms with Gasteiger partial charge in [0, 0.05) is 78.6 Å². The average molecular weight is 881 g/mol. The van der Waals surface area contributed by atoms with Crippen LogP contribution in [0.3, 0.4) is 0 Å². The lowest BCUT2D eigenvalue weighted by molar-refractivity contribution is -0.156. The zero-order chi connectivity index (χ0) is 44.7. The largest absolute Gasteiger partial charge is 0.464 e. The molecule has 16 heteroatoms. The molecule has 0 spiro atoms. The molecule has 3 N–H and O–H groups in total. The number of pyridine rings is 1. The van der Waals surface area contributed by atoms with E-state index in [9.17, 15) is 19.2 Å². The van der Waals surface area contributed by atoms with E-state index in [1.807, 2.05) is 32.2 Å². The SMILES string of the molecule is CCO[C@@H]1c2nc(cs2)-c2ccc3c(c2)c(c(-c2cccnc2[C@H](C)OC)n3CC)CC(C)(C)COC(=O)[C@@H]2CCCN(N2)C(=O)C1NC(=O)[C@@H]1[C@@H](C)[C@H]1C(=O)N1CCC[C@H]1C=N. The van der Waals surface area contributed by atoms with Crippen LogP contribution in [0.4, 0.5) is 0 Å². The van der Waals surface area contributed by atoms with Crippen LogP contribution in [-0.4, -0.2) is 106 Å². The lowest BCUT2D eigenvalue weighted by atomic mass is 9.84. The second-order valence-corrected chi connectivity index (χ2v) is 19.0. The summed E-state index contributed by atoms with van der Waals surface area (Å²) in [4.78, 5) is 68.4. The van der Waals surface area contributed by atoms with E-state index in [-0.39, 0.29) is 37.2 Å². The number of benzene rings is 1. The molecule has 1 aromatic carbocycles. The Bertz CT molecular complexity index is 2390. The Labute approximate surface area is 372 Å². The van der Waals surface area contributed by atoms with Crippen molar-refractivity contribution >= 4 is 52.1 Å². The van der Waals surface area contributed by atoms with Gasteiger partial charge in [-0.25, -0.2) is 10.4 Å². The maximum atomic E-state index is 14.8. The highest BCUT2D eigenvalue weighted by molar-refractivity contribution is 7.10. The van der Waals surface area contributed by atoms with Crippen LogP contribution >= 0.6 is 11.3 Å². The van der Waals surface area contributed by atoms with Crippen molar-refractivity contribution in [2.24, 2.45) is 23.2 Å². The van der Waals surface area contributed by atoms with Gasteiger partial charge in [0.1, 0.15) is 23.2 Å². The summed E-state index contributed by atoms with van der Waals surface area (Å²) in [6, 6.07) is 8.07. The van der Waals surface area contributed by atoms with E-state index in [1.54, 1.807) is 18.2 Å². The monoisotopic (exact) mass is 880 g/mol. The van der Waals surface area contributed by atoms with Crippen LogP contribution in [0.2, 0.25) is 0 Å². The van der Waals surface area contributed by atoms with E-state index in [0.29, 0.717) is 49.6 Å². The van der Waals surface area contributed by atoms with Gasteiger partial charge >= 0.3 is 5.97 Å². The number of esters is 1. The fourth-order valence-corrected chi connectivity index (χ4v) is 10.8. The third kappa shape index (κ3) is 8.54. The number of carbonyl (C=O) groups is 4. The number of nitrogens with one attached hydrogen (secondary N) is 3. The van der Waals surface area contributed by atoms with Crippen molar-refractivity contribution in [3.05, 3.63) is 58.2 Å². The van der Waals surface area contributed by atoms with Gasteiger partial charge in [-0.2, -0.15) is 0 Å². The number of fused-ring (bicyclic) bond motifs is 6. The predicted molar refractivity (Wildman–Crippen MR) is 240 cm³/mol. The first kappa shape index (κ1) is 44.6. The van der Waals surface area contributed by atoms with Crippen LogP contribution < -0.4 is 10.7 Å². The number of rotatable bonds is 10. The number of amides is 3. The lowest BCUT2D eigenvalue weighted by Gasteiger charge is -2.37. The molecule has 63 heavy (non-hydrogen) atoms. The standard InChI is InChI=1S/C47H60N8O7S/c1-8-53-35-17-16-28-21-31(35)32(40(53)30-14-10-18-49-38(30)27(4)60-7)22-47(5,6)25-62-46(59)33-15-12-20-55(52-33)45(58)39(41(61-9-2)43-50-34(28)24-63-43)51-42(56)36-26(3)37(36)44(57)54-19-11-13-29(54)23-48/h10,14,16-18,21,23-24,26-27,29,33,36-37,39,41,48,52H,8-9,11-13,15,19-20,22,25H2,1-7H3,(H,51,56)/t26-,27+,29+,33+,36-,37-,39?,41+/m1/s1. The molecular weight excluding hydrogens is 821 g/mol. The average Bonchev–Trinajstić information content (AvgIpc) is 3.67. The molecule has 6 bridgehead atoms. The van der Waals surface area contributed by atoms with Crippen LogP contribution in [0.15, 0.2) is 41.9 Å². The molecule has 3 aromatic heterocycles. The molecule has 6 heterocycles. The summed E-state index contributed by atoms with van der Waals surface area (Å²) in [5, 5.41) is 15.8. The number of carbonyl (C=O) groups excluding carboxylic acids is 4. The van der Waals surface area contributed by atoms with Gasteiger partial charge in [0.05, 0.1) is 47.7 Å². The minimum Gasteiger partial charge on any atom is -0.464 e. The molecule has 3 amide bonds. The van der Waals surface area contributed by atoms with Gasteiger partial charge in [-0.1, -0.05) is 26.8 Å². The van der Waals surface area contributed by atoms with Gasteiger partial charge in [0.15, 0.2) is 0 Å². The quantitative estimate of drug-likeness (QED) is 0.122. The number of cyclic esters (lactones) is 1. The molecule has 4 aromatic rings. The van der Waals surface area contributed by atoms with Gasteiger partial charge in [0.25, 0.3) is 5.91 Å². The maximum Gasteiger partial charge on any atom is 0.324 e. The Morgan fingerprint density at radius 2 is 1.94 bits per heavy atom. The van der Waals surface area contributed by atoms with Crippen molar-refractivity contribution in [2.75, 3.05) is 33.4 Å². The second-order valence-electron chi connectivity index (χ2n) is 18.1. The molecule has 1 saturated carbocycles. The van der Waals surface area contributed by atoms with Crippen LogP contribution in [-0.2, 0) is 46.4 Å². The van der Waals surface area contributed by atoms with Gasteiger partial charge < -0.3 is 34.4 Å². The number of thiazole rings is 1. The topological polar surface area (TPSA) is 181 Å². The van der Waals surface area contributed by atoms with Crippen molar-refractivity contribution < 1.29 is 33.4 Å². The second kappa shape index (κ2) is 18.2. The molecule has 3 aliphatic heterocycles. The predicted octanol–water partition coefficient (Wildman–Crippen LogP) is 6.26. The Morgan fingerprint density at radius 1 is 1.14 bits per heavy atom. The van der Waals surface area contributed by atoms with E-state index in [0.717, 1.165) is 51.8 Å². The van der Waals surface area contributed by atoms with Crippen molar-refractivity contribution in [3.63, 3.8) is 0 Å². The number of aryl methyl sites for hydroxylation is 1. The van der Waals surface area contributed by atoms with E-state index >= 15 is 0 Å². The summed E-state index contributed by atoms with van der Waals surface area (Å²) >= 11 is 1.35. The molecule has 4 aliphatic rings. The first-order valence-corrected chi connectivity index (χ1v) is 23.2. The van der Waals surface area contributed by atoms with Crippen molar-refractivity contribution in [3.8, 4) is 22.5 Å². The smallest absolute Gasteiger partial charge is 0.324 e. The molecular formula is C47H60N8O7S. The van der Waals surface area contributed by atoms with Crippen LogP contribution in [0.1, 0.15) is 95.7 Å². The van der Waals surface area contributed by atoms with Gasteiger partial charge in [-0.3, -0.25) is 29.2 Å². The molecule has 15 nitrogen and oxygen atoms in total. The third-order valence-electron chi connectivity index (χ3n) is 13.3. The maximum absolute atomic E-state index is 14.8. The number of hydrogen-bond donors (Lipinski definition) is 3. The summed E-state index contributed by atoms with van der Waals surface area (Å²) in [7, 11) is 1.68. The van der Waals surface area contributed by atoms with E-state index in [1.165, 1.54) is 22.6 Å². The van der Waals surface area contributed by atoms with Crippen LogP contribution in [0, 0.1) is 28.6 Å². The number of aromatic nitrogens is 3. The molecule has 1 aliphatic carbocycles. The first-order valence-electron chi connectivity index (χ1n) is 22.4. The normalized spacial score (nSPS) is 26.6. The third-order valence-corrected chi connectivity index (χ3v) is 14.2. The Hall–Kier alpha value is -5.03. The molecule has 2 saturated heterocycles. The lowest BCUT2D eigenvalue weighted by Crippen LogP contribution is -2.61. The number of ether oxygens (including phenoxy) is 3. The van der Waals surface area contributed by atoms with E-state index in [4.69, 9.17) is 29.6 Å².